The molecule has 0 aliphatic heterocycles. The molecule has 0 aliphatic carbocycles. The summed E-state index contributed by atoms with van der Waals surface area (Å²) in [7, 11) is 1.30. The summed E-state index contributed by atoms with van der Waals surface area (Å²) in [5, 5.41) is 0. The number of allylic oxidation sites excluding steroid dienone is 2. The molecular formula is C16H14ClF9O. The highest BCUT2D eigenvalue weighted by Gasteiger charge is 2.81. The number of halogens is 10. The molecule has 1 nitrogen and oxygen atoms in total. The second-order valence-corrected chi connectivity index (χ2v) is 5.84. The molecule has 0 N–H and O–H groups in total. The van der Waals surface area contributed by atoms with E-state index in [1.54, 1.807) is 0 Å². The monoisotopic (exact) mass is 428 g/mol. The van der Waals surface area contributed by atoms with Gasteiger partial charge in [-0.1, -0.05) is 12.1 Å². The van der Waals surface area contributed by atoms with Gasteiger partial charge in [-0.3, -0.25) is 0 Å². The summed E-state index contributed by atoms with van der Waals surface area (Å²) in [5.41, 5.74) is -0.632. The molecule has 0 saturated heterocycles. The van der Waals surface area contributed by atoms with Crippen LogP contribution in [0.1, 0.15) is 18.4 Å². The number of alkyl halides is 10. The van der Waals surface area contributed by atoms with E-state index in [4.69, 9.17) is 16.3 Å². The molecule has 0 amide bonds. The van der Waals surface area contributed by atoms with Gasteiger partial charge in [0.05, 0.1) is 7.11 Å². The van der Waals surface area contributed by atoms with Crippen LogP contribution in [0, 0.1) is 0 Å². The van der Waals surface area contributed by atoms with Gasteiger partial charge in [-0.2, -0.15) is 39.5 Å². The highest BCUT2D eigenvalue weighted by atomic mass is 35.5. The zero-order valence-corrected chi connectivity index (χ0v) is 14.5. The molecule has 0 unspecified atom stereocenters. The first-order valence-corrected chi connectivity index (χ1v) is 7.87. The van der Waals surface area contributed by atoms with Crippen molar-refractivity contribution in [2.75, 3.05) is 13.0 Å². The van der Waals surface area contributed by atoms with E-state index in [0.717, 1.165) is 0 Å². The molecule has 154 valence electrons. The SMILES string of the molecule is COc1ccc(/C(=C/C(F)(F)C(F)(F)C(F)(F)C(F)(F)F)CCCCl)cc1. The van der Waals surface area contributed by atoms with E-state index in [2.05, 4.69) is 0 Å². The zero-order valence-electron chi connectivity index (χ0n) is 13.7. The third-order valence-corrected chi connectivity index (χ3v) is 3.83. The fourth-order valence-corrected chi connectivity index (χ4v) is 2.19. The first-order chi connectivity index (χ1) is 12.2. The summed E-state index contributed by atoms with van der Waals surface area (Å²) in [6.07, 6.45) is -7.78. The Balaban J connectivity index is 3.41. The Kier molecular flexibility index (Phi) is 7.12. The number of methoxy groups -OCH3 is 1. The third kappa shape index (κ3) is 4.83. The second-order valence-electron chi connectivity index (χ2n) is 5.46. The Morgan fingerprint density at radius 2 is 1.44 bits per heavy atom. The van der Waals surface area contributed by atoms with E-state index >= 15 is 0 Å². The molecule has 0 saturated carbocycles. The molecule has 0 aromatic heterocycles. The van der Waals surface area contributed by atoms with Gasteiger partial charge >= 0.3 is 23.9 Å². The molecule has 1 rings (SSSR count). The minimum Gasteiger partial charge on any atom is -0.497 e. The van der Waals surface area contributed by atoms with Gasteiger partial charge in [0.2, 0.25) is 0 Å². The minimum atomic E-state index is -6.93. The smallest absolute Gasteiger partial charge is 0.460 e. The van der Waals surface area contributed by atoms with Crippen LogP contribution in [0.5, 0.6) is 5.75 Å². The van der Waals surface area contributed by atoms with Crippen molar-refractivity contribution in [1.82, 2.24) is 0 Å². The van der Waals surface area contributed by atoms with E-state index in [-0.39, 0.29) is 30.0 Å². The van der Waals surface area contributed by atoms with Gasteiger partial charge < -0.3 is 4.74 Å². The Hall–Kier alpha value is -1.58. The van der Waals surface area contributed by atoms with Crippen LogP contribution in [0.3, 0.4) is 0 Å². The van der Waals surface area contributed by atoms with Crippen LogP contribution in [0.15, 0.2) is 30.3 Å². The minimum absolute atomic E-state index is 0.00324. The van der Waals surface area contributed by atoms with Crippen molar-refractivity contribution in [1.29, 1.82) is 0 Å². The maximum absolute atomic E-state index is 13.9. The fraction of sp³-hybridized carbons (Fsp3) is 0.500. The van der Waals surface area contributed by atoms with Crippen LogP contribution in [-0.4, -0.2) is 36.9 Å². The summed E-state index contributed by atoms with van der Waals surface area (Å²) in [4.78, 5) is 0. The molecule has 11 heteroatoms. The molecule has 0 bridgehead atoms. The Morgan fingerprint density at radius 1 is 0.926 bits per heavy atom. The van der Waals surface area contributed by atoms with Crippen LogP contribution in [0.2, 0.25) is 0 Å². The molecule has 1 aromatic rings. The quantitative estimate of drug-likeness (QED) is 0.336. The van der Waals surface area contributed by atoms with Crippen molar-refractivity contribution < 1.29 is 44.3 Å². The molecule has 27 heavy (non-hydrogen) atoms. The molecule has 0 heterocycles. The van der Waals surface area contributed by atoms with Crippen molar-refractivity contribution in [3.63, 3.8) is 0 Å². The largest absolute Gasteiger partial charge is 0.497 e. The zero-order chi connectivity index (χ0) is 21.1. The van der Waals surface area contributed by atoms with Gasteiger partial charge in [-0.15, -0.1) is 11.6 Å². The number of benzene rings is 1. The van der Waals surface area contributed by atoms with E-state index in [0.29, 0.717) is 0 Å². The van der Waals surface area contributed by atoms with Gasteiger partial charge in [-0.05, 0) is 42.2 Å². The van der Waals surface area contributed by atoms with E-state index in [9.17, 15) is 39.5 Å². The van der Waals surface area contributed by atoms with Gasteiger partial charge in [0, 0.05) is 5.88 Å². The first kappa shape index (κ1) is 23.5. The van der Waals surface area contributed by atoms with Crippen LogP contribution in [0.4, 0.5) is 39.5 Å². The highest BCUT2D eigenvalue weighted by molar-refractivity contribution is 6.17. The molecular weight excluding hydrogens is 415 g/mol. The summed E-state index contributed by atoms with van der Waals surface area (Å²) in [6.45, 7) is 0. The summed E-state index contributed by atoms with van der Waals surface area (Å²) < 4.78 is 122. The molecule has 0 radical (unpaired) electrons. The normalized spacial score (nSPS) is 14.4. The van der Waals surface area contributed by atoms with E-state index in [1.165, 1.54) is 31.4 Å². The van der Waals surface area contributed by atoms with E-state index < -0.39 is 35.6 Å². The number of hydrogen-bond acceptors (Lipinski definition) is 1. The maximum atomic E-state index is 13.9. The first-order valence-electron chi connectivity index (χ1n) is 7.33. The predicted octanol–water partition coefficient (Wildman–Crippen LogP) is 6.57. The van der Waals surface area contributed by atoms with Crippen molar-refractivity contribution in [3.05, 3.63) is 35.9 Å². The topological polar surface area (TPSA) is 9.23 Å². The Labute approximate surface area is 153 Å². The maximum Gasteiger partial charge on any atom is 0.460 e. The van der Waals surface area contributed by atoms with Crippen LogP contribution in [0.25, 0.3) is 5.57 Å². The van der Waals surface area contributed by atoms with Crippen LogP contribution >= 0.6 is 11.6 Å². The van der Waals surface area contributed by atoms with Crippen molar-refractivity contribution in [2.45, 2.75) is 36.8 Å². The van der Waals surface area contributed by atoms with Crippen molar-refractivity contribution in [2.24, 2.45) is 0 Å². The molecule has 1 aromatic carbocycles. The number of rotatable bonds is 8. The lowest BCUT2D eigenvalue weighted by atomic mass is 9.95. The molecule has 0 atom stereocenters. The molecule has 0 spiro atoms. The van der Waals surface area contributed by atoms with Crippen molar-refractivity contribution in [3.8, 4) is 5.75 Å². The lowest BCUT2D eigenvalue weighted by Crippen LogP contribution is -2.60. The standard InChI is InChI=1S/C16H14ClF9O/c1-27-12-6-4-10(5-7-12)11(3-2-8-17)9-13(18,19)14(20,21)15(22,23)16(24,25)26/h4-7,9H,2-3,8H2,1H3/b11-9+. The van der Waals surface area contributed by atoms with Gasteiger partial charge in [0.1, 0.15) is 5.75 Å². The summed E-state index contributed by atoms with van der Waals surface area (Å²) >= 11 is 5.42. The van der Waals surface area contributed by atoms with Crippen LogP contribution < -0.4 is 4.74 Å². The van der Waals surface area contributed by atoms with Gasteiger partial charge in [-0.25, -0.2) is 0 Å². The Bertz CT molecular complexity index is 651. The third-order valence-electron chi connectivity index (χ3n) is 3.57. The highest BCUT2D eigenvalue weighted by Crippen LogP contribution is 2.54. The average molecular weight is 429 g/mol. The number of ether oxygens (including phenoxy) is 1. The summed E-state index contributed by atoms with van der Waals surface area (Å²) in [5.74, 6) is -19.2. The van der Waals surface area contributed by atoms with Crippen LogP contribution in [-0.2, 0) is 0 Å². The fourth-order valence-electron chi connectivity index (χ4n) is 2.06. The van der Waals surface area contributed by atoms with E-state index in [1.807, 2.05) is 0 Å². The van der Waals surface area contributed by atoms with Crippen molar-refractivity contribution >= 4 is 17.2 Å². The Morgan fingerprint density at radius 3 is 1.85 bits per heavy atom. The molecule has 0 fully saturated rings. The lowest BCUT2D eigenvalue weighted by molar-refractivity contribution is -0.388. The number of hydrogen-bond donors (Lipinski definition) is 0. The summed E-state index contributed by atoms with van der Waals surface area (Å²) in [6, 6.07) is 4.92. The predicted molar refractivity (Wildman–Crippen MR) is 81.8 cm³/mol. The second kappa shape index (κ2) is 8.20. The van der Waals surface area contributed by atoms with Gasteiger partial charge in [0.25, 0.3) is 0 Å². The molecule has 0 aliphatic rings. The van der Waals surface area contributed by atoms with Gasteiger partial charge in [0.15, 0.2) is 0 Å². The lowest BCUT2D eigenvalue weighted by Gasteiger charge is -2.32. The average Bonchev–Trinajstić information content (AvgIpc) is 2.57.